The number of aryl methyl sites for hydroxylation is 2. The molecule has 1 saturated carbocycles. The summed E-state index contributed by atoms with van der Waals surface area (Å²) in [6, 6.07) is 12.5. The zero-order valence-corrected chi connectivity index (χ0v) is 22.6. The highest BCUT2D eigenvalue weighted by Crippen LogP contribution is 2.61. The Kier molecular flexibility index (Phi) is 6.37. The molecule has 39 heavy (non-hydrogen) atoms. The number of carboxylic acid groups (broad SMARTS) is 1. The molecule has 1 N–H and O–H groups in total. The number of benzene rings is 2. The predicted octanol–water partition coefficient (Wildman–Crippen LogP) is 5.01. The standard InChI is InChI=1S/C30H30FNO6S/c1-16-11-26(38-21-7-9-39(35,36)10-8-21)32-17(2)27(16)18-3-6-25(31)20(12-18)15-37-22-4-5-23-19(13-22)14-24-28(23)29(24)30(33)34/h3-6,11-13,21,24,28-29H,7-10,14-15H2,1-2H3,(H,33,34). The molecule has 3 atom stereocenters. The van der Waals surface area contributed by atoms with E-state index in [4.69, 9.17) is 9.47 Å². The number of hydrogen-bond acceptors (Lipinski definition) is 6. The Hall–Kier alpha value is -3.46. The average molecular weight is 552 g/mol. The van der Waals surface area contributed by atoms with Crippen molar-refractivity contribution >= 4 is 15.8 Å². The van der Waals surface area contributed by atoms with Gasteiger partial charge in [0.2, 0.25) is 5.88 Å². The van der Waals surface area contributed by atoms with E-state index in [0.717, 1.165) is 39.9 Å². The van der Waals surface area contributed by atoms with Crippen LogP contribution in [-0.4, -0.2) is 42.1 Å². The molecular formula is C30H30FNO6S. The van der Waals surface area contributed by atoms with Crippen LogP contribution in [0, 0.1) is 31.5 Å². The van der Waals surface area contributed by atoms with Crippen LogP contribution in [0.2, 0.25) is 0 Å². The molecule has 2 heterocycles. The van der Waals surface area contributed by atoms with Gasteiger partial charge in [-0.2, -0.15) is 0 Å². The molecule has 0 amide bonds. The first-order valence-electron chi connectivity index (χ1n) is 13.2. The number of ether oxygens (including phenoxy) is 2. The molecule has 0 bridgehead atoms. The smallest absolute Gasteiger partial charge is 0.307 e. The lowest BCUT2D eigenvalue weighted by molar-refractivity contribution is -0.139. The van der Waals surface area contributed by atoms with Gasteiger partial charge in [-0.25, -0.2) is 17.8 Å². The average Bonchev–Trinajstić information content (AvgIpc) is 3.47. The highest BCUT2D eigenvalue weighted by Gasteiger charge is 2.59. The van der Waals surface area contributed by atoms with Crippen molar-refractivity contribution < 1.29 is 32.2 Å². The van der Waals surface area contributed by atoms with E-state index >= 15 is 0 Å². The lowest BCUT2D eigenvalue weighted by atomic mass is 9.97. The summed E-state index contributed by atoms with van der Waals surface area (Å²) in [6.07, 6.45) is 1.48. The van der Waals surface area contributed by atoms with Crippen molar-refractivity contribution in [2.75, 3.05) is 11.5 Å². The first kappa shape index (κ1) is 25.8. The van der Waals surface area contributed by atoms with Gasteiger partial charge in [-0.15, -0.1) is 0 Å². The molecule has 6 rings (SSSR count). The van der Waals surface area contributed by atoms with Gasteiger partial charge in [0.15, 0.2) is 9.84 Å². The maximum Gasteiger partial charge on any atom is 0.307 e. The van der Waals surface area contributed by atoms with Gasteiger partial charge in [-0.1, -0.05) is 12.1 Å². The minimum Gasteiger partial charge on any atom is -0.489 e. The van der Waals surface area contributed by atoms with E-state index in [0.29, 0.717) is 30.0 Å². The Balaban J connectivity index is 1.16. The quantitative estimate of drug-likeness (QED) is 0.440. The molecule has 7 nitrogen and oxygen atoms in total. The number of sulfone groups is 1. The molecule has 3 unspecified atom stereocenters. The number of aliphatic carboxylic acids is 1. The Morgan fingerprint density at radius 3 is 2.59 bits per heavy atom. The van der Waals surface area contributed by atoms with Crippen LogP contribution in [0.15, 0.2) is 42.5 Å². The van der Waals surface area contributed by atoms with Crippen molar-refractivity contribution in [2.45, 2.75) is 51.7 Å². The molecule has 2 aliphatic carbocycles. The van der Waals surface area contributed by atoms with Crippen LogP contribution in [0.5, 0.6) is 11.6 Å². The predicted molar refractivity (Wildman–Crippen MR) is 143 cm³/mol. The van der Waals surface area contributed by atoms with Crippen LogP contribution in [0.25, 0.3) is 11.1 Å². The van der Waals surface area contributed by atoms with Gasteiger partial charge < -0.3 is 14.6 Å². The molecule has 1 saturated heterocycles. The van der Waals surface area contributed by atoms with Crippen molar-refractivity contribution in [3.8, 4) is 22.8 Å². The van der Waals surface area contributed by atoms with Crippen LogP contribution < -0.4 is 9.47 Å². The number of aromatic nitrogens is 1. The number of rotatable bonds is 7. The summed E-state index contributed by atoms with van der Waals surface area (Å²) in [6.45, 7) is 3.89. The largest absolute Gasteiger partial charge is 0.489 e. The monoisotopic (exact) mass is 551 g/mol. The van der Waals surface area contributed by atoms with E-state index in [2.05, 4.69) is 4.98 Å². The minimum atomic E-state index is -2.97. The van der Waals surface area contributed by atoms with E-state index in [1.165, 1.54) is 6.07 Å². The van der Waals surface area contributed by atoms with Crippen LogP contribution in [0.1, 0.15) is 46.7 Å². The minimum absolute atomic E-state index is 0.0559. The highest BCUT2D eigenvalue weighted by atomic mass is 32.2. The molecular weight excluding hydrogens is 521 g/mol. The second-order valence-corrected chi connectivity index (χ2v) is 13.2. The third-order valence-electron chi connectivity index (χ3n) is 8.27. The summed E-state index contributed by atoms with van der Waals surface area (Å²) >= 11 is 0. The van der Waals surface area contributed by atoms with Gasteiger partial charge in [-0.05, 0) is 85.5 Å². The Labute approximate surface area is 226 Å². The third kappa shape index (κ3) is 5.00. The SMILES string of the molecule is Cc1cc(OC2CCS(=O)(=O)CC2)nc(C)c1-c1ccc(F)c(COc2ccc3c(c2)CC2C(C(=O)O)C32)c1. The zero-order chi connectivity index (χ0) is 27.5. The van der Waals surface area contributed by atoms with Gasteiger partial charge in [-0.3, -0.25) is 4.79 Å². The molecule has 2 aromatic carbocycles. The van der Waals surface area contributed by atoms with Gasteiger partial charge in [0, 0.05) is 28.8 Å². The summed E-state index contributed by atoms with van der Waals surface area (Å²) in [5.41, 5.74) is 6.00. The molecule has 3 aromatic rings. The first-order chi connectivity index (χ1) is 18.6. The topological polar surface area (TPSA) is 103 Å². The maximum atomic E-state index is 14.7. The van der Waals surface area contributed by atoms with Crippen molar-refractivity contribution in [2.24, 2.45) is 11.8 Å². The summed E-state index contributed by atoms with van der Waals surface area (Å²) in [7, 11) is -2.97. The highest BCUT2D eigenvalue weighted by molar-refractivity contribution is 7.91. The number of halogens is 1. The molecule has 204 valence electrons. The van der Waals surface area contributed by atoms with E-state index in [9.17, 15) is 22.7 Å². The molecule has 0 spiro atoms. The van der Waals surface area contributed by atoms with E-state index in [1.807, 2.05) is 38.1 Å². The van der Waals surface area contributed by atoms with Crippen LogP contribution >= 0.6 is 0 Å². The normalized spacial score (nSPS) is 23.1. The Bertz CT molecular complexity index is 1550. The summed E-state index contributed by atoms with van der Waals surface area (Å²) < 4.78 is 50.1. The second-order valence-electron chi connectivity index (χ2n) is 10.9. The molecule has 1 aromatic heterocycles. The number of carbonyl (C=O) groups is 1. The number of pyridine rings is 1. The summed E-state index contributed by atoms with van der Waals surface area (Å²) in [4.78, 5) is 16.0. The molecule has 1 aliphatic heterocycles. The fourth-order valence-electron chi connectivity index (χ4n) is 6.27. The van der Waals surface area contributed by atoms with Crippen molar-refractivity contribution in [3.63, 3.8) is 0 Å². The summed E-state index contributed by atoms with van der Waals surface area (Å²) in [5, 5.41) is 9.32. The van der Waals surface area contributed by atoms with E-state index in [-0.39, 0.29) is 47.8 Å². The van der Waals surface area contributed by atoms with Crippen molar-refractivity contribution in [3.05, 3.63) is 76.2 Å². The van der Waals surface area contributed by atoms with E-state index < -0.39 is 15.8 Å². The Morgan fingerprint density at radius 1 is 1.10 bits per heavy atom. The summed E-state index contributed by atoms with van der Waals surface area (Å²) in [5.74, 6) is 0.294. The number of carboxylic acids is 1. The first-order valence-corrected chi connectivity index (χ1v) is 15.0. The molecule has 3 aliphatic rings. The molecule has 9 heteroatoms. The van der Waals surface area contributed by atoms with Gasteiger partial charge in [0.25, 0.3) is 0 Å². The van der Waals surface area contributed by atoms with Crippen molar-refractivity contribution in [1.82, 2.24) is 4.98 Å². The maximum absolute atomic E-state index is 14.7. The van der Waals surface area contributed by atoms with Crippen LogP contribution in [0.3, 0.4) is 0 Å². The third-order valence-corrected chi connectivity index (χ3v) is 9.99. The number of fused-ring (bicyclic) bond motifs is 3. The van der Waals surface area contributed by atoms with Crippen molar-refractivity contribution in [1.29, 1.82) is 0 Å². The molecule has 2 fully saturated rings. The van der Waals surface area contributed by atoms with E-state index in [1.54, 1.807) is 12.1 Å². The van der Waals surface area contributed by atoms with Gasteiger partial charge >= 0.3 is 5.97 Å². The number of nitrogens with zero attached hydrogens (tertiary/aromatic N) is 1. The van der Waals surface area contributed by atoms with Crippen LogP contribution in [-0.2, 0) is 27.7 Å². The number of hydrogen-bond donors (Lipinski definition) is 1. The second kappa shape index (κ2) is 9.62. The lowest BCUT2D eigenvalue weighted by Gasteiger charge is -2.23. The van der Waals surface area contributed by atoms with Gasteiger partial charge in [0.1, 0.15) is 24.3 Å². The fraction of sp³-hybridized carbons (Fsp3) is 0.400. The molecule has 0 radical (unpaired) electrons. The Morgan fingerprint density at radius 2 is 1.87 bits per heavy atom. The van der Waals surface area contributed by atoms with Crippen LogP contribution in [0.4, 0.5) is 4.39 Å². The van der Waals surface area contributed by atoms with Gasteiger partial charge in [0.05, 0.1) is 17.4 Å². The zero-order valence-electron chi connectivity index (χ0n) is 21.8. The fourth-order valence-corrected chi connectivity index (χ4v) is 7.72. The lowest BCUT2D eigenvalue weighted by Crippen LogP contribution is -2.31.